The Morgan fingerprint density at radius 3 is 2.67 bits per heavy atom. The SMILES string of the molecule is C=CCOc1ccccc1/C=C1\S/C(=N/c2nc(C)cs2)N(c2ccccc2)C1=O. The molecule has 0 aliphatic carbocycles. The van der Waals surface area contributed by atoms with E-state index in [9.17, 15) is 4.79 Å². The minimum atomic E-state index is -0.128. The quantitative estimate of drug-likeness (QED) is 0.363. The van der Waals surface area contributed by atoms with E-state index in [4.69, 9.17) is 4.74 Å². The number of para-hydroxylation sites is 2. The highest BCUT2D eigenvalue weighted by Gasteiger charge is 2.35. The maximum Gasteiger partial charge on any atom is 0.271 e. The number of amides is 1. The van der Waals surface area contributed by atoms with Crippen LogP contribution >= 0.6 is 23.1 Å². The van der Waals surface area contributed by atoms with E-state index in [0.29, 0.717) is 27.6 Å². The van der Waals surface area contributed by atoms with Crippen molar-refractivity contribution in [1.82, 2.24) is 4.98 Å². The second kappa shape index (κ2) is 9.11. The van der Waals surface area contributed by atoms with Crippen molar-refractivity contribution in [2.24, 2.45) is 4.99 Å². The largest absolute Gasteiger partial charge is 0.489 e. The Kier molecular flexibility index (Phi) is 6.11. The van der Waals surface area contributed by atoms with Crippen LogP contribution in [0.2, 0.25) is 0 Å². The van der Waals surface area contributed by atoms with Crippen LogP contribution in [0.4, 0.5) is 10.8 Å². The van der Waals surface area contributed by atoms with Crippen molar-refractivity contribution in [3.05, 3.63) is 88.8 Å². The first-order valence-electron chi connectivity index (χ1n) is 9.28. The number of ether oxygens (including phenoxy) is 1. The summed E-state index contributed by atoms with van der Waals surface area (Å²) in [6.07, 6.45) is 3.54. The van der Waals surface area contributed by atoms with E-state index in [2.05, 4.69) is 16.6 Å². The third-order valence-electron chi connectivity index (χ3n) is 4.18. The lowest BCUT2D eigenvalue weighted by Crippen LogP contribution is -2.28. The van der Waals surface area contributed by atoms with Gasteiger partial charge in [0.1, 0.15) is 12.4 Å². The van der Waals surface area contributed by atoms with Gasteiger partial charge in [-0.25, -0.2) is 4.98 Å². The number of aryl methyl sites for hydroxylation is 1. The van der Waals surface area contributed by atoms with Crippen LogP contribution in [0.1, 0.15) is 11.3 Å². The smallest absolute Gasteiger partial charge is 0.271 e. The summed E-state index contributed by atoms with van der Waals surface area (Å²) in [5, 5.41) is 3.15. The Morgan fingerprint density at radius 2 is 1.93 bits per heavy atom. The number of benzene rings is 2. The predicted molar refractivity (Wildman–Crippen MR) is 126 cm³/mol. The van der Waals surface area contributed by atoms with Gasteiger partial charge < -0.3 is 4.74 Å². The van der Waals surface area contributed by atoms with Crippen LogP contribution in [-0.2, 0) is 4.79 Å². The van der Waals surface area contributed by atoms with E-state index in [1.165, 1.54) is 23.1 Å². The molecule has 4 rings (SSSR count). The predicted octanol–water partition coefficient (Wildman–Crippen LogP) is 5.82. The van der Waals surface area contributed by atoms with Crippen LogP contribution in [0.3, 0.4) is 0 Å². The molecule has 1 aromatic heterocycles. The average molecular weight is 434 g/mol. The standard InChI is InChI=1S/C23H19N3O2S2/c1-3-13-28-19-12-8-7-9-17(19)14-20-21(27)26(18-10-5-4-6-11-18)23(30-20)25-22-24-16(2)15-29-22/h3-12,14-15H,1,13H2,2H3/b20-14-,25-23+. The summed E-state index contributed by atoms with van der Waals surface area (Å²) in [5.41, 5.74) is 2.50. The van der Waals surface area contributed by atoms with Crippen LogP contribution in [0.5, 0.6) is 5.75 Å². The number of rotatable bonds is 6. The molecular formula is C23H19N3O2S2. The van der Waals surface area contributed by atoms with Crippen LogP contribution in [-0.4, -0.2) is 22.7 Å². The molecule has 0 spiro atoms. The van der Waals surface area contributed by atoms with Gasteiger partial charge in [0.05, 0.1) is 16.3 Å². The number of anilines is 1. The Labute approximate surface area is 183 Å². The van der Waals surface area contributed by atoms with Crippen LogP contribution in [0, 0.1) is 6.92 Å². The molecule has 3 aromatic rings. The van der Waals surface area contributed by atoms with Gasteiger partial charge in [-0.1, -0.05) is 49.1 Å². The molecule has 0 N–H and O–H groups in total. The molecule has 1 fully saturated rings. The van der Waals surface area contributed by atoms with Crippen molar-refractivity contribution in [2.75, 3.05) is 11.5 Å². The number of amidine groups is 1. The summed E-state index contributed by atoms with van der Waals surface area (Å²) >= 11 is 2.78. The van der Waals surface area contributed by atoms with Crippen molar-refractivity contribution in [3.8, 4) is 5.75 Å². The van der Waals surface area contributed by atoms with Gasteiger partial charge in [-0.15, -0.1) is 11.3 Å². The zero-order valence-electron chi connectivity index (χ0n) is 16.3. The summed E-state index contributed by atoms with van der Waals surface area (Å²) in [5.74, 6) is 0.572. The number of thiazole rings is 1. The lowest BCUT2D eigenvalue weighted by atomic mass is 10.2. The second-order valence-electron chi connectivity index (χ2n) is 6.39. The molecule has 2 aromatic carbocycles. The topological polar surface area (TPSA) is 54.8 Å². The first kappa shape index (κ1) is 20.1. The van der Waals surface area contributed by atoms with Crippen LogP contribution < -0.4 is 9.64 Å². The van der Waals surface area contributed by atoms with Crippen LogP contribution in [0.15, 0.2) is 82.5 Å². The minimum absolute atomic E-state index is 0.128. The molecule has 0 saturated carbocycles. The fraction of sp³-hybridized carbons (Fsp3) is 0.0870. The Morgan fingerprint density at radius 1 is 1.17 bits per heavy atom. The van der Waals surface area contributed by atoms with Gasteiger partial charge in [0.15, 0.2) is 5.17 Å². The second-order valence-corrected chi connectivity index (χ2v) is 8.24. The molecule has 0 bridgehead atoms. The summed E-state index contributed by atoms with van der Waals surface area (Å²) < 4.78 is 5.73. The van der Waals surface area contributed by atoms with E-state index < -0.39 is 0 Å². The number of nitrogens with zero attached hydrogens (tertiary/aromatic N) is 3. The first-order valence-corrected chi connectivity index (χ1v) is 11.0. The number of thioether (sulfide) groups is 1. The maximum atomic E-state index is 13.3. The molecule has 0 atom stereocenters. The Hall–Kier alpha value is -3.16. The summed E-state index contributed by atoms with van der Waals surface area (Å²) in [6, 6.07) is 17.1. The molecule has 150 valence electrons. The number of aliphatic imine (C=N–C) groups is 1. The zero-order valence-corrected chi connectivity index (χ0v) is 18.0. The lowest BCUT2D eigenvalue weighted by molar-refractivity contribution is -0.113. The van der Waals surface area contributed by atoms with Gasteiger partial charge in [0.25, 0.3) is 5.91 Å². The number of hydrogen-bond acceptors (Lipinski definition) is 6. The van der Waals surface area contributed by atoms with E-state index >= 15 is 0 Å². The fourth-order valence-corrected chi connectivity index (χ4v) is 4.54. The molecule has 0 radical (unpaired) electrons. The van der Waals surface area contributed by atoms with Crippen molar-refractivity contribution >= 4 is 51.1 Å². The maximum absolute atomic E-state index is 13.3. The fourth-order valence-electron chi connectivity index (χ4n) is 2.85. The normalized spacial score (nSPS) is 16.4. The molecule has 1 saturated heterocycles. The average Bonchev–Trinajstić information content (AvgIpc) is 3.30. The van der Waals surface area contributed by atoms with Gasteiger partial charge in [0, 0.05) is 10.9 Å². The van der Waals surface area contributed by atoms with Gasteiger partial charge in [-0.3, -0.25) is 9.69 Å². The molecule has 1 aliphatic heterocycles. The molecular weight excluding hydrogens is 414 g/mol. The molecule has 5 nitrogen and oxygen atoms in total. The number of hydrogen-bond donors (Lipinski definition) is 0. The summed E-state index contributed by atoms with van der Waals surface area (Å²) in [6.45, 7) is 6.01. The highest BCUT2D eigenvalue weighted by molar-refractivity contribution is 8.19. The van der Waals surface area contributed by atoms with E-state index in [-0.39, 0.29) is 5.91 Å². The van der Waals surface area contributed by atoms with E-state index in [1.54, 1.807) is 11.0 Å². The lowest BCUT2D eigenvalue weighted by Gasteiger charge is -2.15. The van der Waals surface area contributed by atoms with Crippen molar-refractivity contribution < 1.29 is 9.53 Å². The van der Waals surface area contributed by atoms with E-state index in [1.807, 2.05) is 73.0 Å². The van der Waals surface area contributed by atoms with Gasteiger partial charge in [-0.05, 0) is 43.0 Å². The van der Waals surface area contributed by atoms with Crippen molar-refractivity contribution in [2.45, 2.75) is 6.92 Å². The third kappa shape index (κ3) is 4.37. The van der Waals surface area contributed by atoms with Crippen molar-refractivity contribution in [3.63, 3.8) is 0 Å². The summed E-state index contributed by atoms with van der Waals surface area (Å²) in [7, 11) is 0. The molecule has 1 aliphatic rings. The Bertz CT molecular complexity index is 1140. The number of aromatic nitrogens is 1. The monoisotopic (exact) mass is 433 g/mol. The first-order chi connectivity index (χ1) is 14.7. The summed E-state index contributed by atoms with van der Waals surface area (Å²) in [4.78, 5) is 24.6. The molecule has 2 heterocycles. The van der Waals surface area contributed by atoms with Crippen LogP contribution in [0.25, 0.3) is 6.08 Å². The minimum Gasteiger partial charge on any atom is -0.489 e. The zero-order chi connectivity index (χ0) is 20.9. The van der Waals surface area contributed by atoms with E-state index in [0.717, 1.165) is 16.9 Å². The van der Waals surface area contributed by atoms with Gasteiger partial charge in [-0.2, -0.15) is 4.99 Å². The molecule has 0 unspecified atom stereocenters. The van der Waals surface area contributed by atoms with Gasteiger partial charge in [0.2, 0.25) is 5.13 Å². The highest BCUT2D eigenvalue weighted by Crippen LogP contribution is 2.38. The third-order valence-corrected chi connectivity index (χ3v) is 6.00. The molecule has 7 heteroatoms. The molecule has 30 heavy (non-hydrogen) atoms. The van der Waals surface area contributed by atoms with Crippen molar-refractivity contribution in [1.29, 1.82) is 0 Å². The number of carbonyl (C=O) groups is 1. The molecule has 1 amide bonds. The highest BCUT2D eigenvalue weighted by atomic mass is 32.2. The Balaban J connectivity index is 1.74. The van der Waals surface area contributed by atoms with Gasteiger partial charge >= 0.3 is 0 Å². The number of carbonyl (C=O) groups excluding carboxylic acids is 1.